The van der Waals surface area contributed by atoms with Crippen LogP contribution in [0.15, 0.2) is 54.6 Å². The highest BCUT2D eigenvalue weighted by atomic mass is 16.5. The zero-order valence-corrected chi connectivity index (χ0v) is 16.2. The summed E-state index contributed by atoms with van der Waals surface area (Å²) >= 11 is 0. The number of rotatable bonds is 7. The average molecular weight is 384 g/mol. The Bertz CT molecular complexity index is 766. The molecule has 0 bridgehead atoms. The summed E-state index contributed by atoms with van der Waals surface area (Å²) < 4.78 is 5.43. The van der Waals surface area contributed by atoms with Crippen molar-refractivity contribution in [1.29, 1.82) is 0 Å². The number of hydrogen-bond donors (Lipinski definition) is 3. The number of β-amino-alcohol motifs (C(OH)–C–C–N with tert-alkyl or cyclic N) is 1. The minimum Gasteiger partial charge on any atom is -0.494 e. The Morgan fingerprint density at radius 1 is 1.21 bits per heavy atom. The van der Waals surface area contributed by atoms with Gasteiger partial charge in [-0.2, -0.15) is 0 Å². The van der Waals surface area contributed by atoms with Crippen molar-refractivity contribution in [3.8, 4) is 5.75 Å². The number of carbonyl (C=O) groups excluding carboxylic acids is 1. The number of ether oxygens (including phenoxy) is 1. The number of carbonyl (C=O) groups is 1. The van der Waals surface area contributed by atoms with Gasteiger partial charge in [0.05, 0.1) is 19.3 Å². The fraction of sp³-hybridized carbons (Fsp3) is 0.409. The van der Waals surface area contributed by atoms with Gasteiger partial charge in [-0.25, -0.2) is 0 Å². The molecular weight excluding hydrogens is 356 g/mol. The lowest BCUT2D eigenvalue weighted by Gasteiger charge is -2.42. The van der Waals surface area contributed by atoms with E-state index >= 15 is 0 Å². The number of nitrogens with one attached hydrogen (secondary N) is 1. The van der Waals surface area contributed by atoms with Crippen molar-refractivity contribution in [3.63, 3.8) is 0 Å². The van der Waals surface area contributed by atoms with Crippen LogP contribution in [0.1, 0.15) is 29.3 Å². The van der Waals surface area contributed by atoms with Crippen LogP contribution < -0.4 is 10.1 Å². The van der Waals surface area contributed by atoms with E-state index in [2.05, 4.69) is 5.32 Å². The predicted octanol–water partition coefficient (Wildman–Crippen LogP) is 1.81. The summed E-state index contributed by atoms with van der Waals surface area (Å²) in [5, 5.41) is 24.5. The fourth-order valence-corrected chi connectivity index (χ4v) is 3.47. The largest absolute Gasteiger partial charge is 0.494 e. The van der Waals surface area contributed by atoms with Gasteiger partial charge in [0.25, 0.3) is 5.91 Å². The molecule has 28 heavy (non-hydrogen) atoms. The first-order valence-corrected chi connectivity index (χ1v) is 9.69. The first-order valence-electron chi connectivity index (χ1n) is 9.69. The molecule has 0 spiro atoms. The van der Waals surface area contributed by atoms with Gasteiger partial charge in [-0.3, -0.25) is 4.79 Å². The van der Waals surface area contributed by atoms with Gasteiger partial charge in [-0.1, -0.05) is 30.3 Å². The van der Waals surface area contributed by atoms with E-state index in [-0.39, 0.29) is 19.0 Å². The second-order valence-electron chi connectivity index (χ2n) is 7.18. The Kier molecular flexibility index (Phi) is 6.67. The number of likely N-dealkylation sites (tertiary alicyclic amines) is 1. The maximum absolute atomic E-state index is 12.7. The second-order valence-corrected chi connectivity index (χ2v) is 7.18. The first kappa shape index (κ1) is 20.3. The summed E-state index contributed by atoms with van der Waals surface area (Å²) in [6, 6.07) is 16.8. The quantitative estimate of drug-likeness (QED) is 0.678. The van der Waals surface area contributed by atoms with Crippen molar-refractivity contribution < 1.29 is 19.7 Å². The van der Waals surface area contributed by atoms with Crippen molar-refractivity contribution >= 4 is 5.91 Å². The molecule has 6 nitrogen and oxygen atoms in total. The van der Waals surface area contributed by atoms with E-state index in [0.717, 1.165) is 11.3 Å². The monoisotopic (exact) mass is 384 g/mol. The molecule has 0 unspecified atom stereocenters. The van der Waals surface area contributed by atoms with Gasteiger partial charge in [0.2, 0.25) is 0 Å². The number of benzene rings is 2. The van der Waals surface area contributed by atoms with Gasteiger partial charge < -0.3 is 25.2 Å². The van der Waals surface area contributed by atoms with Crippen LogP contribution >= 0.6 is 0 Å². The smallest absolute Gasteiger partial charge is 0.253 e. The lowest BCUT2D eigenvalue weighted by atomic mass is 9.89. The highest BCUT2D eigenvalue weighted by Crippen LogP contribution is 2.23. The number of aliphatic hydroxyl groups excluding tert-OH is 1. The lowest BCUT2D eigenvalue weighted by Crippen LogP contribution is -2.62. The van der Waals surface area contributed by atoms with Gasteiger partial charge in [-0.05, 0) is 43.2 Å². The molecule has 0 saturated carbocycles. The number of piperidine rings is 1. The van der Waals surface area contributed by atoms with Crippen LogP contribution in [0.5, 0.6) is 5.75 Å². The Morgan fingerprint density at radius 3 is 2.61 bits per heavy atom. The number of amides is 1. The van der Waals surface area contributed by atoms with E-state index in [9.17, 15) is 15.0 Å². The van der Waals surface area contributed by atoms with Gasteiger partial charge in [-0.15, -0.1) is 0 Å². The van der Waals surface area contributed by atoms with Gasteiger partial charge >= 0.3 is 0 Å². The molecule has 1 saturated heterocycles. The van der Waals surface area contributed by atoms with E-state index in [4.69, 9.17) is 4.74 Å². The van der Waals surface area contributed by atoms with E-state index in [1.54, 1.807) is 17.0 Å². The van der Waals surface area contributed by atoms with E-state index < -0.39 is 11.7 Å². The van der Waals surface area contributed by atoms with Crippen LogP contribution in [-0.2, 0) is 6.54 Å². The summed E-state index contributed by atoms with van der Waals surface area (Å²) in [7, 11) is 0. The molecule has 1 aliphatic rings. The fourth-order valence-electron chi connectivity index (χ4n) is 3.47. The topological polar surface area (TPSA) is 82.0 Å². The minimum atomic E-state index is -1.38. The van der Waals surface area contributed by atoms with Crippen molar-refractivity contribution in [2.75, 3.05) is 26.2 Å². The second kappa shape index (κ2) is 9.19. The molecule has 3 N–H and O–H groups in total. The molecule has 0 radical (unpaired) electrons. The molecule has 2 atom stereocenters. The molecule has 2 aromatic rings. The SMILES string of the molecule is CCOc1ccc(CNC[C@]2(O)CN(C(=O)c3ccccc3)CC[C@H]2O)cc1. The van der Waals surface area contributed by atoms with Crippen LogP contribution in [0.4, 0.5) is 0 Å². The molecule has 150 valence electrons. The van der Waals surface area contributed by atoms with E-state index in [0.29, 0.717) is 31.7 Å². The summed E-state index contributed by atoms with van der Waals surface area (Å²) in [6.07, 6.45) is -0.528. The van der Waals surface area contributed by atoms with Gasteiger partial charge in [0.1, 0.15) is 11.4 Å². The van der Waals surface area contributed by atoms with Crippen molar-refractivity contribution in [3.05, 3.63) is 65.7 Å². The third kappa shape index (κ3) is 4.90. The molecule has 1 aliphatic heterocycles. The lowest BCUT2D eigenvalue weighted by molar-refractivity contribution is -0.111. The van der Waals surface area contributed by atoms with E-state index in [1.165, 1.54) is 0 Å². The summed E-state index contributed by atoms with van der Waals surface area (Å²) in [5.41, 5.74) is 0.256. The van der Waals surface area contributed by atoms with Crippen molar-refractivity contribution in [2.45, 2.75) is 31.6 Å². The predicted molar refractivity (Wildman–Crippen MR) is 107 cm³/mol. The van der Waals surface area contributed by atoms with Crippen molar-refractivity contribution in [2.24, 2.45) is 0 Å². The summed E-state index contributed by atoms with van der Waals surface area (Å²) in [5.74, 6) is 0.695. The molecule has 1 heterocycles. The number of hydrogen-bond acceptors (Lipinski definition) is 5. The molecule has 2 aromatic carbocycles. The van der Waals surface area contributed by atoms with E-state index in [1.807, 2.05) is 49.4 Å². The maximum Gasteiger partial charge on any atom is 0.253 e. The first-order chi connectivity index (χ1) is 13.5. The summed E-state index contributed by atoms with van der Waals surface area (Å²) in [4.78, 5) is 14.3. The highest BCUT2D eigenvalue weighted by Gasteiger charge is 2.42. The van der Waals surface area contributed by atoms with Gasteiger partial charge in [0.15, 0.2) is 0 Å². The highest BCUT2D eigenvalue weighted by molar-refractivity contribution is 5.94. The van der Waals surface area contributed by atoms with Gasteiger partial charge in [0, 0.05) is 25.2 Å². The Morgan fingerprint density at radius 2 is 1.93 bits per heavy atom. The van der Waals surface area contributed by atoms with Crippen molar-refractivity contribution in [1.82, 2.24) is 10.2 Å². The average Bonchev–Trinajstić information content (AvgIpc) is 2.72. The molecule has 3 rings (SSSR count). The molecular formula is C22H28N2O4. The third-order valence-corrected chi connectivity index (χ3v) is 5.06. The summed E-state index contributed by atoms with van der Waals surface area (Å²) in [6.45, 7) is 3.83. The van der Waals surface area contributed by atoms with Crippen LogP contribution in [0.3, 0.4) is 0 Å². The molecule has 1 amide bonds. The molecule has 0 aromatic heterocycles. The molecule has 0 aliphatic carbocycles. The van der Waals surface area contributed by atoms with Crippen LogP contribution in [0.2, 0.25) is 0 Å². The Labute approximate surface area is 165 Å². The zero-order chi connectivity index (χ0) is 20.0. The molecule has 1 fully saturated rings. The third-order valence-electron chi connectivity index (χ3n) is 5.06. The van der Waals surface area contributed by atoms with Crippen LogP contribution in [0, 0.1) is 0 Å². The van der Waals surface area contributed by atoms with Crippen LogP contribution in [0.25, 0.3) is 0 Å². The number of aliphatic hydroxyl groups is 2. The Balaban J connectivity index is 1.57. The Hall–Kier alpha value is -2.41. The maximum atomic E-state index is 12.7. The molecule has 6 heteroatoms. The standard InChI is InChI=1S/C22H28N2O4/c1-2-28-19-10-8-17(9-11-19)14-23-15-22(27)16-24(13-12-20(22)25)21(26)18-6-4-3-5-7-18/h3-11,20,23,25,27H,2,12-16H2,1H3/t20-,22+/m1/s1. The van der Waals surface area contributed by atoms with Crippen LogP contribution in [-0.4, -0.2) is 59.0 Å². The zero-order valence-electron chi connectivity index (χ0n) is 16.2. The normalized spacial score (nSPS) is 22.1. The minimum absolute atomic E-state index is 0.0954. The number of nitrogens with zero attached hydrogens (tertiary/aromatic N) is 1.